The highest BCUT2D eigenvalue weighted by Gasteiger charge is 2.03. The SMILES string of the molecule is CNC[C@@H](F)CCCc1ccccc1. The van der Waals surface area contributed by atoms with Crippen molar-refractivity contribution in [2.24, 2.45) is 0 Å². The summed E-state index contributed by atoms with van der Waals surface area (Å²) in [6.45, 7) is 0.467. The summed E-state index contributed by atoms with van der Waals surface area (Å²) < 4.78 is 13.0. The Labute approximate surface area is 85.3 Å². The first-order valence-corrected chi connectivity index (χ1v) is 5.15. The van der Waals surface area contributed by atoms with Gasteiger partial charge >= 0.3 is 0 Å². The number of halogens is 1. The maximum Gasteiger partial charge on any atom is 0.112 e. The third-order valence-corrected chi connectivity index (χ3v) is 2.25. The molecule has 1 atom stereocenters. The Bertz CT molecular complexity index is 235. The number of rotatable bonds is 6. The minimum absolute atomic E-state index is 0.467. The van der Waals surface area contributed by atoms with E-state index in [1.165, 1.54) is 5.56 Å². The fourth-order valence-corrected chi connectivity index (χ4v) is 1.50. The standard InChI is InChI=1S/C12H18FN/c1-14-10-12(13)9-5-8-11-6-3-2-4-7-11/h2-4,6-7,12,14H,5,8-10H2,1H3/t12-/m0/s1. The van der Waals surface area contributed by atoms with Crippen LogP contribution in [0.25, 0.3) is 0 Å². The second kappa shape index (κ2) is 6.55. The van der Waals surface area contributed by atoms with E-state index in [1.54, 1.807) is 7.05 Å². The van der Waals surface area contributed by atoms with Crippen LogP contribution in [0.15, 0.2) is 30.3 Å². The summed E-state index contributed by atoms with van der Waals surface area (Å²) in [5.74, 6) is 0. The predicted octanol–water partition coefficient (Wildman–Crippen LogP) is 2.57. The first-order valence-electron chi connectivity index (χ1n) is 5.15. The Morgan fingerprint density at radius 2 is 2.00 bits per heavy atom. The van der Waals surface area contributed by atoms with E-state index in [0.29, 0.717) is 13.0 Å². The van der Waals surface area contributed by atoms with Crippen LogP contribution in [0.1, 0.15) is 18.4 Å². The molecule has 0 aliphatic carbocycles. The molecule has 2 heteroatoms. The van der Waals surface area contributed by atoms with Crippen molar-refractivity contribution in [1.82, 2.24) is 5.32 Å². The molecule has 1 aromatic rings. The van der Waals surface area contributed by atoms with Gasteiger partial charge in [-0.3, -0.25) is 0 Å². The van der Waals surface area contributed by atoms with E-state index in [4.69, 9.17) is 0 Å². The molecule has 0 aliphatic rings. The molecular weight excluding hydrogens is 177 g/mol. The van der Waals surface area contributed by atoms with Gasteiger partial charge in [0.2, 0.25) is 0 Å². The van der Waals surface area contributed by atoms with Crippen LogP contribution in [0.4, 0.5) is 4.39 Å². The zero-order valence-electron chi connectivity index (χ0n) is 8.67. The molecule has 0 saturated heterocycles. The van der Waals surface area contributed by atoms with Crippen LogP contribution >= 0.6 is 0 Å². The Balaban J connectivity index is 2.16. The average Bonchev–Trinajstić information content (AvgIpc) is 2.20. The molecule has 78 valence electrons. The minimum Gasteiger partial charge on any atom is -0.317 e. The van der Waals surface area contributed by atoms with Gasteiger partial charge in [0.05, 0.1) is 0 Å². The smallest absolute Gasteiger partial charge is 0.112 e. The summed E-state index contributed by atoms with van der Waals surface area (Å²) in [4.78, 5) is 0. The molecule has 0 radical (unpaired) electrons. The summed E-state index contributed by atoms with van der Waals surface area (Å²) in [7, 11) is 1.78. The molecule has 14 heavy (non-hydrogen) atoms. The quantitative estimate of drug-likeness (QED) is 0.735. The molecule has 0 spiro atoms. The molecule has 1 rings (SSSR count). The van der Waals surface area contributed by atoms with Crippen molar-refractivity contribution in [2.45, 2.75) is 25.4 Å². The zero-order chi connectivity index (χ0) is 10.2. The van der Waals surface area contributed by atoms with Gasteiger partial charge in [-0.1, -0.05) is 30.3 Å². The Morgan fingerprint density at radius 1 is 1.29 bits per heavy atom. The molecule has 0 aliphatic heterocycles. The van der Waals surface area contributed by atoms with Crippen LogP contribution in [0.5, 0.6) is 0 Å². The molecule has 1 aromatic carbocycles. The fourth-order valence-electron chi connectivity index (χ4n) is 1.50. The van der Waals surface area contributed by atoms with Crippen molar-refractivity contribution in [1.29, 1.82) is 0 Å². The Hall–Kier alpha value is -0.890. The van der Waals surface area contributed by atoms with Gasteiger partial charge in [0.1, 0.15) is 6.17 Å². The second-order valence-electron chi connectivity index (χ2n) is 3.53. The number of aryl methyl sites for hydroxylation is 1. The molecule has 0 heterocycles. The van der Waals surface area contributed by atoms with Gasteiger partial charge in [0, 0.05) is 6.54 Å². The summed E-state index contributed by atoms with van der Waals surface area (Å²) >= 11 is 0. The van der Waals surface area contributed by atoms with E-state index in [1.807, 2.05) is 18.2 Å². The van der Waals surface area contributed by atoms with Crippen LogP contribution in [0.3, 0.4) is 0 Å². The van der Waals surface area contributed by atoms with E-state index in [-0.39, 0.29) is 0 Å². The maximum atomic E-state index is 13.0. The van der Waals surface area contributed by atoms with Crippen LogP contribution in [0.2, 0.25) is 0 Å². The summed E-state index contributed by atoms with van der Waals surface area (Å²) in [6, 6.07) is 10.2. The van der Waals surface area contributed by atoms with Gasteiger partial charge in [-0.25, -0.2) is 4.39 Å². The van der Waals surface area contributed by atoms with Crippen molar-refractivity contribution in [3.8, 4) is 0 Å². The lowest BCUT2D eigenvalue weighted by molar-refractivity contribution is 0.302. The molecule has 0 amide bonds. The van der Waals surface area contributed by atoms with Gasteiger partial charge in [0.15, 0.2) is 0 Å². The lowest BCUT2D eigenvalue weighted by atomic mass is 10.1. The molecule has 0 unspecified atom stereocenters. The first-order chi connectivity index (χ1) is 6.83. The highest BCUT2D eigenvalue weighted by Crippen LogP contribution is 2.07. The third kappa shape index (κ3) is 4.38. The number of benzene rings is 1. The highest BCUT2D eigenvalue weighted by molar-refractivity contribution is 5.14. The summed E-state index contributed by atoms with van der Waals surface area (Å²) in [5.41, 5.74) is 1.30. The molecular formula is C12H18FN. The predicted molar refractivity (Wildman–Crippen MR) is 58.2 cm³/mol. The monoisotopic (exact) mass is 195 g/mol. The highest BCUT2D eigenvalue weighted by atomic mass is 19.1. The minimum atomic E-state index is -0.705. The normalized spacial score (nSPS) is 12.7. The average molecular weight is 195 g/mol. The van der Waals surface area contributed by atoms with Gasteiger partial charge in [-0.2, -0.15) is 0 Å². The van der Waals surface area contributed by atoms with E-state index >= 15 is 0 Å². The van der Waals surface area contributed by atoms with E-state index in [0.717, 1.165) is 12.8 Å². The first kappa shape index (κ1) is 11.2. The third-order valence-electron chi connectivity index (χ3n) is 2.25. The molecule has 1 N–H and O–H groups in total. The van der Waals surface area contributed by atoms with Crippen molar-refractivity contribution >= 4 is 0 Å². The molecule has 0 aromatic heterocycles. The van der Waals surface area contributed by atoms with Gasteiger partial charge in [0.25, 0.3) is 0 Å². The van der Waals surface area contributed by atoms with E-state index < -0.39 is 6.17 Å². The number of hydrogen-bond donors (Lipinski definition) is 1. The van der Waals surface area contributed by atoms with Crippen LogP contribution < -0.4 is 5.32 Å². The molecule has 0 fully saturated rings. The van der Waals surface area contributed by atoms with E-state index in [2.05, 4.69) is 17.4 Å². The number of hydrogen-bond acceptors (Lipinski definition) is 1. The van der Waals surface area contributed by atoms with Gasteiger partial charge < -0.3 is 5.32 Å². The largest absolute Gasteiger partial charge is 0.317 e. The maximum absolute atomic E-state index is 13.0. The van der Waals surface area contributed by atoms with Crippen molar-refractivity contribution < 1.29 is 4.39 Å². The van der Waals surface area contributed by atoms with Crippen molar-refractivity contribution in [2.75, 3.05) is 13.6 Å². The zero-order valence-corrected chi connectivity index (χ0v) is 8.67. The molecule has 0 saturated carbocycles. The van der Waals surface area contributed by atoms with Crippen LogP contribution in [-0.2, 0) is 6.42 Å². The number of alkyl halides is 1. The Kier molecular flexibility index (Phi) is 5.23. The molecule has 0 bridgehead atoms. The lowest BCUT2D eigenvalue weighted by Crippen LogP contribution is -2.19. The summed E-state index contributed by atoms with van der Waals surface area (Å²) in [6.07, 6.45) is 1.84. The van der Waals surface area contributed by atoms with Crippen molar-refractivity contribution in [3.05, 3.63) is 35.9 Å². The van der Waals surface area contributed by atoms with Crippen LogP contribution in [0, 0.1) is 0 Å². The topological polar surface area (TPSA) is 12.0 Å². The molecule has 1 nitrogen and oxygen atoms in total. The second-order valence-corrected chi connectivity index (χ2v) is 3.53. The number of nitrogens with one attached hydrogen (secondary N) is 1. The van der Waals surface area contributed by atoms with Crippen LogP contribution in [-0.4, -0.2) is 19.8 Å². The fraction of sp³-hybridized carbons (Fsp3) is 0.500. The van der Waals surface area contributed by atoms with E-state index in [9.17, 15) is 4.39 Å². The van der Waals surface area contributed by atoms with Crippen molar-refractivity contribution in [3.63, 3.8) is 0 Å². The van der Waals surface area contributed by atoms with Gasteiger partial charge in [-0.15, -0.1) is 0 Å². The van der Waals surface area contributed by atoms with Gasteiger partial charge in [-0.05, 0) is 31.9 Å². The lowest BCUT2D eigenvalue weighted by Gasteiger charge is -2.06. The summed E-state index contributed by atoms with van der Waals surface area (Å²) in [5, 5.41) is 2.84. The Morgan fingerprint density at radius 3 is 2.64 bits per heavy atom.